The zero-order valence-corrected chi connectivity index (χ0v) is 15.9. The molecular formula is C20H20BrFN2O. The number of halogens is 2. The number of hydrogen-bond acceptors (Lipinski definition) is 2. The first kappa shape index (κ1) is 16.7. The summed E-state index contributed by atoms with van der Waals surface area (Å²) in [6, 6.07) is 13.6. The van der Waals surface area contributed by atoms with Crippen LogP contribution in [0, 0.1) is 11.2 Å². The Balaban J connectivity index is 1.83. The molecule has 0 bridgehead atoms. The van der Waals surface area contributed by atoms with E-state index in [-0.39, 0.29) is 17.3 Å². The van der Waals surface area contributed by atoms with Crippen molar-refractivity contribution >= 4 is 27.0 Å². The number of hydrogen-bond donors (Lipinski definition) is 0. The lowest BCUT2D eigenvalue weighted by Gasteiger charge is -2.28. The van der Waals surface area contributed by atoms with Gasteiger partial charge in [-0.2, -0.15) is 0 Å². The quantitative estimate of drug-likeness (QED) is 0.607. The maximum atomic E-state index is 13.9. The lowest BCUT2D eigenvalue weighted by atomic mass is 9.87. The van der Waals surface area contributed by atoms with E-state index in [9.17, 15) is 4.39 Å². The van der Waals surface area contributed by atoms with Crippen molar-refractivity contribution in [3.05, 3.63) is 64.1 Å². The highest BCUT2D eigenvalue weighted by Crippen LogP contribution is 2.40. The van der Waals surface area contributed by atoms with E-state index in [2.05, 4.69) is 40.4 Å². The molecule has 1 aromatic heterocycles. The van der Waals surface area contributed by atoms with Crippen molar-refractivity contribution in [2.75, 3.05) is 13.2 Å². The van der Waals surface area contributed by atoms with Crippen LogP contribution >= 0.6 is 15.9 Å². The Labute approximate surface area is 155 Å². The molecule has 1 fully saturated rings. The predicted molar refractivity (Wildman–Crippen MR) is 100 cm³/mol. The van der Waals surface area contributed by atoms with E-state index < -0.39 is 0 Å². The smallest absolute Gasteiger partial charge is 0.137 e. The number of ether oxygens (including phenoxy) is 1. The van der Waals surface area contributed by atoms with Gasteiger partial charge in [-0.1, -0.05) is 32.0 Å². The third-order valence-corrected chi connectivity index (χ3v) is 5.62. The van der Waals surface area contributed by atoms with Crippen LogP contribution in [0.4, 0.5) is 4.39 Å². The van der Waals surface area contributed by atoms with Gasteiger partial charge in [0.05, 0.1) is 34.8 Å². The Morgan fingerprint density at radius 2 is 2.08 bits per heavy atom. The van der Waals surface area contributed by atoms with Crippen molar-refractivity contribution in [1.82, 2.24) is 9.55 Å². The zero-order chi connectivity index (χ0) is 17.6. The molecule has 0 amide bonds. The molecule has 5 heteroatoms. The van der Waals surface area contributed by atoms with Gasteiger partial charge in [-0.05, 0) is 45.8 Å². The van der Waals surface area contributed by atoms with Crippen molar-refractivity contribution in [3.63, 3.8) is 0 Å². The maximum Gasteiger partial charge on any atom is 0.137 e. The molecule has 0 unspecified atom stereocenters. The summed E-state index contributed by atoms with van der Waals surface area (Å²) in [5, 5.41) is 0. The first-order valence-electron chi connectivity index (χ1n) is 8.43. The molecular weight excluding hydrogens is 383 g/mol. The summed E-state index contributed by atoms with van der Waals surface area (Å²) < 4.78 is 22.5. The third-order valence-electron chi connectivity index (χ3n) is 4.98. The Kier molecular flexibility index (Phi) is 4.16. The molecule has 0 saturated carbocycles. The fraction of sp³-hybridized carbons (Fsp3) is 0.350. The van der Waals surface area contributed by atoms with Gasteiger partial charge in [0, 0.05) is 11.8 Å². The van der Waals surface area contributed by atoms with Crippen LogP contribution in [0.2, 0.25) is 0 Å². The van der Waals surface area contributed by atoms with Gasteiger partial charge in [-0.3, -0.25) is 0 Å². The monoisotopic (exact) mass is 402 g/mol. The van der Waals surface area contributed by atoms with Crippen LogP contribution in [-0.2, 0) is 11.2 Å². The predicted octanol–water partition coefficient (Wildman–Crippen LogP) is 5.13. The second-order valence-corrected chi connectivity index (χ2v) is 8.19. The molecule has 3 aromatic rings. The molecule has 0 aliphatic carbocycles. The van der Waals surface area contributed by atoms with Gasteiger partial charge in [-0.15, -0.1) is 0 Å². The second kappa shape index (κ2) is 6.22. The molecule has 1 saturated heterocycles. The minimum atomic E-state index is -0.246. The lowest BCUT2D eigenvalue weighted by molar-refractivity contribution is 0.166. The minimum absolute atomic E-state index is 0.0309. The molecule has 1 aliphatic rings. The van der Waals surface area contributed by atoms with E-state index in [0.717, 1.165) is 29.0 Å². The SMILES string of the molecule is CC1(C)COC[C@H]1n1c(Cc2ccc(Br)c(F)c2)nc2ccccc21. The lowest BCUT2D eigenvalue weighted by Crippen LogP contribution is -2.26. The van der Waals surface area contributed by atoms with Crippen LogP contribution < -0.4 is 0 Å². The van der Waals surface area contributed by atoms with Gasteiger partial charge in [-0.25, -0.2) is 9.37 Å². The van der Waals surface area contributed by atoms with Gasteiger partial charge >= 0.3 is 0 Å². The molecule has 4 rings (SSSR count). The van der Waals surface area contributed by atoms with E-state index in [1.807, 2.05) is 24.3 Å². The van der Waals surface area contributed by atoms with Crippen molar-refractivity contribution in [3.8, 4) is 0 Å². The molecule has 0 radical (unpaired) electrons. The Morgan fingerprint density at radius 3 is 2.80 bits per heavy atom. The van der Waals surface area contributed by atoms with Crippen LogP contribution in [0.15, 0.2) is 46.9 Å². The minimum Gasteiger partial charge on any atom is -0.379 e. The van der Waals surface area contributed by atoms with Gasteiger partial charge in [0.1, 0.15) is 11.6 Å². The van der Waals surface area contributed by atoms with E-state index >= 15 is 0 Å². The number of aromatic nitrogens is 2. The Bertz CT molecular complexity index is 935. The van der Waals surface area contributed by atoms with Gasteiger partial charge < -0.3 is 9.30 Å². The van der Waals surface area contributed by atoms with Gasteiger partial charge in [0.2, 0.25) is 0 Å². The van der Waals surface area contributed by atoms with Gasteiger partial charge in [0.25, 0.3) is 0 Å². The number of fused-ring (bicyclic) bond motifs is 1. The van der Waals surface area contributed by atoms with E-state index in [1.54, 1.807) is 12.1 Å². The van der Waals surface area contributed by atoms with Crippen LogP contribution in [0.25, 0.3) is 11.0 Å². The molecule has 130 valence electrons. The summed E-state index contributed by atoms with van der Waals surface area (Å²) in [7, 11) is 0. The van der Waals surface area contributed by atoms with Crippen LogP contribution in [-0.4, -0.2) is 22.8 Å². The molecule has 0 N–H and O–H groups in total. The Hall–Kier alpha value is -1.72. The highest BCUT2D eigenvalue weighted by Gasteiger charge is 2.38. The summed E-state index contributed by atoms with van der Waals surface area (Å²) in [6.07, 6.45) is 0.589. The molecule has 0 spiro atoms. The number of rotatable bonds is 3. The van der Waals surface area contributed by atoms with Crippen LogP contribution in [0.1, 0.15) is 31.3 Å². The molecule has 2 heterocycles. The summed E-state index contributed by atoms with van der Waals surface area (Å²) in [5.74, 6) is 0.705. The first-order valence-corrected chi connectivity index (χ1v) is 9.22. The van der Waals surface area contributed by atoms with Crippen LogP contribution in [0.3, 0.4) is 0 Å². The van der Waals surface area contributed by atoms with Crippen molar-refractivity contribution in [1.29, 1.82) is 0 Å². The van der Waals surface area contributed by atoms with Crippen molar-refractivity contribution < 1.29 is 9.13 Å². The molecule has 1 atom stereocenters. The number of benzene rings is 2. The highest BCUT2D eigenvalue weighted by molar-refractivity contribution is 9.10. The average Bonchev–Trinajstić information content (AvgIpc) is 3.09. The number of nitrogens with zero attached hydrogens (tertiary/aromatic N) is 2. The molecule has 25 heavy (non-hydrogen) atoms. The van der Waals surface area contributed by atoms with Crippen molar-refractivity contribution in [2.45, 2.75) is 26.3 Å². The molecule has 1 aliphatic heterocycles. The fourth-order valence-electron chi connectivity index (χ4n) is 3.58. The normalized spacial score (nSPS) is 19.6. The fourth-order valence-corrected chi connectivity index (χ4v) is 3.83. The topological polar surface area (TPSA) is 27.1 Å². The summed E-state index contributed by atoms with van der Waals surface area (Å²) in [4.78, 5) is 4.84. The van der Waals surface area contributed by atoms with E-state index in [4.69, 9.17) is 9.72 Å². The standard InChI is InChI=1S/C20H20BrFN2O/c1-20(2)12-25-11-18(20)24-17-6-4-3-5-16(17)23-19(24)10-13-7-8-14(21)15(22)9-13/h3-9,18H,10-12H2,1-2H3/t18-/m1/s1. The summed E-state index contributed by atoms with van der Waals surface area (Å²) in [6.45, 7) is 5.86. The molecule has 2 aromatic carbocycles. The van der Waals surface area contributed by atoms with Crippen molar-refractivity contribution in [2.24, 2.45) is 5.41 Å². The Morgan fingerprint density at radius 1 is 1.28 bits per heavy atom. The maximum absolute atomic E-state index is 13.9. The molecule has 3 nitrogen and oxygen atoms in total. The zero-order valence-electron chi connectivity index (χ0n) is 14.3. The second-order valence-electron chi connectivity index (χ2n) is 7.33. The average molecular weight is 403 g/mol. The third kappa shape index (κ3) is 3.00. The largest absolute Gasteiger partial charge is 0.379 e. The summed E-state index contributed by atoms with van der Waals surface area (Å²) >= 11 is 3.21. The summed E-state index contributed by atoms with van der Waals surface area (Å²) in [5.41, 5.74) is 3.02. The first-order chi connectivity index (χ1) is 12.0. The van der Waals surface area contributed by atoms with Crippen LogP contribution in [0.5, 0.6) is 0 Å². The number of para-hydroxylation sites is 2. The van der Waals surface area contributed by atoms with Gasteiger partial charge in [0.15, 0.2) is 0 Å². The number of imidazole rings is 1. The van der Waals surface area contributed by atoms with E-state index in [1.165, 1.54) is 0 Å². The highest BCUT2D eigenvalue weighted by atomic mass is 79.9. The van der Waals surface area contributed by atoms with E-state index in [0.29, 0.717) is 17.5 Å².